The molecular weight excluding hydrogens is 377 g/mol. The van der Waals surface area contributed by atoms with Crippen LogP contribution < -0.4 is 15.4 Å². The molecule has 0 unspecified atom stereocenters. The number of nitrogens with zero attached hydrogens (tertiary/aromatic N) is 1. The number of amides is 4. The van der Waals surface area contributed by atoms with Gasteiger partial charge >= 0.3 is 6.03 Å². The molecule has 2 aromatic rings. The fourth-order valence-electron chi connectivity index (χ4n) is 3.14. The number of halogens is 1. The van der Waals surface area contributed by atoms with Gasteiger partial charge < -0.3 is 15.4 Å². The molecular formula is C21H22FN3O4. The summed E-state index contributed by atoms with van der Waals surface area (Å²) in [4.78, 5) is 38.1. The number of benzene rings is 2. The number of hydrogen-bond donors (Lipinski definition) is 2. The zero-order chi connectivity index (χ0) is 21.0. The maximum absolute atomic E-state index is 13.7. The fraction of sp³-hybridized carbons (Fsp3) is 0.286. The van der Waals surface area contributed by atoms with Gasteiger partial charge in [0.05, 0.1) is 12.8 Å². The summed E-state index contributed by atoms with van der Waals surface area (Å²) in [5.41, 5.74) is -0.133. The third-order valence-electron chi connectivity index (χ3n) is 4.87. The SMILES string of the molecule is COc1ccc(CC[C@]2(C)NC(=O)N(CC(=O)Nc3ccccc3F)C2=O)cc1. The lowest BCUT2D eigenvalue weighted by Gasteiger charge is -2.21. The van der Waals surface area contributed by atoms with Crippen LogP contribution in [-0.4, -0.2) is 41.9 Å². The summed E-state index contributed by atoms with van der Waals surface area (Å²) in [5, 5.41) is 5.04. The maximum Gasteiger partial charge on any atom is 0.325 e. The Morgan fingerprint density at radius 3 is 2.52 bits per heavy atom. The van der Waals surface area contributed by atoms with Crippen LogP contribution >= 0.6 is 0 Å². The third-order valence-corrected chi connectivity index (χ3v) is 4.87. The van der Waals surface area contributed by atoms with Gasteiger partial charge in [0.15, 0.2) is 0 Å². The molecule has 7 nitrogen and oxygen atoms in total. The Morgan fingerprint density at radius 2 is 1.86 bits per heavy atom. The van der Waals surface area contributed by atoms with Gasteiger partial charge in [-0.25, -0.2) is 9.18 Å². The first kappa shape index (κ1) is 20.3. The van der Waals surface area contributed by atoms with E-state index in [2.05, 4.69) is 10.6 Å². The summed E-state index contributed by atoms with van der Waals surface area (Å²) in [6, 6.07) is 12.5. The van der Waals surface area contributed by atoms with Gasteiger partial charge in [-0.05, 0) is 49.6 Å². The van der Waals surface area contributed by atoms with Crippen LogP contribution in [0.25, 0.3) is 0 Å². The van der Waals surface area contributed by atoms with Gasteiger partial charge in [-0.1, -0.05) is 24.3 Å². The van der Waals surface area contributed by atoms with Crippen molar-refractivity contribution in [2.24, 2.45) is 0 Å². The van der Waals surface area contributed by atoms with Crippen LogP contribution in [0.1, 0.15) is 18.9 Å². The highest BCUT2D eigenvalue weighted by Gasteiger charge is 2.47. The molecule has 2 aromatic carbocycles. The summed E-state index contributed by atoms with van der Waals surface area (Å²) in [6.45, 7) is 1.14. The van der Waals surface area contributed by atoms with E-state index in [1.54, 1.807) is 20.1 Å². The van der Waals surface area contributed by atoms with Crippen LogP contribution in [0.3, 0.4) is 0 Å². The van der Waals surface area contributed by atoms with E-state index in [-0.39, 0.29) is 5.69 Å². The Kier molecular flexibility index (Phi) is 5.81. The molecule has 1 saturated heterocycles. The van der Waals surface area contributed by atoms with Gasteiger partial charge in [0.1, 0.15) is 23.7 Å². The van der Waals surface area contributed by atoms with Crippen LogP contribution in [0.5, 0.6) is 5.75 Å². The molecule has 152 valence electrons. The highest BCUT2D eigenvalue weighted by atomic mass is 19.1. The lowest BCUT2D eigenvalue weighted by Crippen LogP contribution is -2.45. The van der Waals surface area contributed by atoms with Crippen molar-refractivity contribution >= 4 is 23.5 Å². The van der Waals surface area contributed by atoms with Crippen molar-refractivity contribution in [3.05, 3.63) is 59.9 Å². The van der Waals surface area contributed by atoms with Gasteiger partial charge in [-0.2, -0.15) is 0 Å². The minimum absolute atomic E-state index is 0.00757. The number of carbonyl (C=O) groups is 3. The number of imide groups is 1. The molecule has 2 N–H and O–H groups in total. The van der Waals surface area contributed by atoms with Gasteiger partial charge in [-0.15, -0.1) is 0 Å². The van der Waals surface area contributed by atoms with E-state index in [9.17, 15) is 18.8 Å². The molecule has 8 heteroatoms. The number of urea groups is 1. The number of ether oxygens (including phenoxy) is 1. The minimum atomic E-state index is -1.12. The van der Waals surface area contributed by atoms with Crippen LogP contribution in [0, 0.1) is 5.82 Å². The Bertz CT molecular complexity index is 932. The molecule has 1 aliphatic heterocycles. The van der Waals surface area contributed by atoms with Crippen molar-refractivity contribution in [3.63, 3.8) is 0 Å². The summed E-state index contributed by atoms with van der Waals surface area (Å²) in [6.07, 6.45) is 0.928. The van der Waals surface area contributed by atoms with Crippen molar-refractivity contribution in [1.29, 1.82) is 0 Å². The molecule has 4 amide bonds. The van der Waals surface area contributed by atoms with E-state index in [0.717, 1.165) is 16.2 Å². The second-order valence-corrected chi connectivity index (χ2v) is 7.03. The third kappa shape index (κ3) is 4.53. The molecule has 0 bridgehead atoms. The smallest absolute Gasteiger partial charge is 0.325 e. The highest BCUT2D eigenvalue weighted by molar-refractivity contribution is 6.09. The van der Waals surface area contributed by atoms with Crippen LogP contribution in [0.2, 0.25) is 0 Å². The van der Waals surface area contributed by atoms with Gasteiger partial charge in [0.25, 0.3) is 5.91 Å². The first-order valence-electron chi connectivity index (χ1n) is 9.14. The summed E-state index contributed by atoms with van der Waals surface area (Å²) < 4.78 is 18.8. The molecule has 0 aliphatic carbocycles. The number of hydrogen-bond acceptors (Lipinski definition) is 4. The fourth-order valence-corrected chi connectivity index (χ4v) is 3.14. The topological polar surface area (TPSA) is 87.7 Å². The minimum Gasteiger partial charge on any atom is -0.497 e. The predicted octanol–water partition coefficient (Wildman–Crippen LogP) is 2.72. The number of rotatable bonds is 7. The monoisotopic (exact) mass is 399 g/mol. The quantitative estimate of drug-likeness (QED) is 0.701. The Morgan fingerprint density at radius 1 is 1.17 bits per heavy atom. The van der Waals surface area contributed by atoms with Crippen molar-refractivity contribution < 1.29 is 23.5 Å². The maximum atomic E-state index is 13.7. The number of carbonyl (C=O) groups excluding carboxylic acids is 3. The standard InChI is InChI=1S/C21H22FN3O4/c1-21(12-11-14-7-9-15(29-2)10-8-14)19(27)25(20(28)24-21)13-18(26)23-17-6-4-3-5-16(17)22/h3-10H,11-13H2,1-2H3,(H,23,26)(H,24,28)/t21-/m0/s1. The molecule has 1 heterocycles. The van der Waals surface area contributed by atoms with E-state index in [4.69, 9.17) is 4.74 Å². The first-order chi connectivity index (χ1) is 13.8. The van der Waals surface area contributed by atoms with E-state index < -0.39 is 35.7 Å². The average Bonchev–Trinajstić information content (AvgIpc) is 2.92. The zero-order valence-corrected chi connectivity index (χ0v) is 16.2. The highest BCUT2D eigenvalue weighted by Crippen LogP contribution is 2.24. The molecule has 0 radical (unpaired) electrons. The van der Waals surface area contributed by atoms with E-state index in [0.29, 0.717) is 12.8 Å². The van der Waals surface area contributed by atoms with Crippen molar-refractivity contribution in [2.75, 3.05) is 19.0 Å². The molecule has 3 rings (SSSR count). The number of methoxy groups -OCH3 is 1. The van der Waals surface area contributed by atoms with E-state index in [1.165, 1.54) is 18.2 Å². The summed E-state index contributed by atoms with van der Waals surface area (Å²) >= 11 is 0. The molecule has 0 saturated carbocycles. The van der Waals surface area contributed by atoms with Crippen LogP contribution in [-0.2, 0) is 16.0 Å². The number of anilines is 1. The van der Waals surface area contributed by atoms with Crippen molar-refractivity contribution in [2.45, 2.75) is 25.3 Å². The largest absolute Gasteiger partial charge is 0.497 e. The normalized spacial score (nSPS) is 18.5. The zero-order valence-electron chi connectivity index (χ0n) is 16.2. The second-order valence-electron chi connectivity index (χ2n) is 7.03. The van der Waals surface area contributed by atoms with Crippen LogP contribution in [0.15, 0.2) is 48.5 Å². The number of aryl methyl sites for hydroxylation is 1. The molecule has 0 aromatic heterocycles. The van der Waals surface area contributed by atoms with Crippen molar-refractivity contribution in [1.82, 2.24) is 10.2 Å². The van der Waals surface area contributed by atoms with Gasteiger partial charge in [0.2, 0.25) is 5.91 Å². The lowest BCUT2D eigenvalue weighted by molar-refractivity contribution is -0.133. The molecule has 0 spiro atoms. The number of para-hydroxylation sites is 1. The van der Waals surface area contributed by atoms with Crippen molar-refractivity contribution in [3.8, 4) is 5.75 Å². The first-order valence-corrected chi connectivity index (χ1v) is 9.14. The second kappa shape index (κ2) is 8.30. The summed E-state index contributed by atoms with van der Waals surface area (Å²) in [5.74, 6) is -1.00. The molecule has 1 fully saturated rings. The van der Waals surface area contributed by atoms with E-state index >= 15 is 0 Å². The van der Waals surface area contributed by atoms with Gasteiger partial charge in [-0.3, -0.25) is 14.5 Å². The Labute approximate surface area is 167 Å². The Balaban J connectivity index is 1.61. The lowest BCUT2D eigenvalue weighted by atomic mass is 9.93. The van der Waals surface area contributed by atoms with Crippen LogP contribution in [0.4, 0.5) is 14.9 Å². The van der Waals surface area contributed by atoms with Gasteiger partial charge in [0, 0.05) is 0 Å². The number of nitrogens with one attached hydrogen (secondary N) is 2. The average molecular weight is 399 g/mol. The summed E-state index contributed by atoms with van der Waals surface area (Å²) in [7, 11) is 1.58. The van der Waals surface area contributed by atoms with E-state index in [1.807, 2.05) is 24.3 Å². The Hall–Kier alpha value is -3.42. The molecule has 29 heavy (non-hydrogen) atoms. The molecule has 1 aliphatic rings. The predicted molar refractivity (Wildman–Crippen MR) is 105 cm³/mol. The molecule has 1 atom stereocenters.